The maximum absolute atomic E-state index is 5.91. The number of hydrogen-bond donors (Lipinski definition) is 0. The first-order valence-electron chi connectivity index (χ1n) is 6.78. The summed E-state index contributed by atoms with van der Waals surface area (Å²) < 4.78 is 11.3. The molecule has 0 amide bonds. The predicted octanol–water partition coefficient (Wildman–Crippen LogP) is 4.66. The average Bonchev–Trinajstić information content (AvgIpc) is 2.99. The summed E-state index contributed by atoms with van der Waals surface area (Å²) in [4.78, 5) is 4.67. The summed E-state index contributed by atoms with van der Waals surface area (Å²) in [5.41, 5.74) is 2.53. The maximum Gasteiger partial charge on any atom is 0.231 e. The van der Waals surface area contributed by atoms with Gasteiger partial charge in [0.25, 0.3) is 0 Å². The third-order valence-corrected chi connectivity index (χ3v) is 3.62. The number of rotatable bonds is 2. The summed E-state index contributed by atoms with van der Waals surface area (Å²) in [5, 5.41) is 2.25. The standard InChI is InChI=1S/C18H13NO2/c1-20-15-9-5-4-8-14(15)18-19-17-13-7-3-2-6-12(13)10-11-16(17)21-18/h2-11H,1H3. The van der Waals surface area contributed by atoms with Crippen molar-refractivity contribution in [3.63, 3.8) is 0 Å². The Hall–Kier alpha value is -2.81. The Morgan fingerprint density at radius 1 is 0.905 bits per heavy atom. The molecule has 1 heterocycles. The number of methoxy groups -OCH3 is 1. The van der Waals surface area contributed by atoms with Gasteiger partial charge in [-0.05, 0) is 23.6 Å². The molecule has 0 aliphatic carbocycles. The van der Waals surface area contributed by atoms with E-state index in [0.29, 0.717) is 5.89 Å². The van der Waals surface area contributed by atoms with Crippen molar-refractivity contribution in [1.29, 1.82) is 0 Å². The summed E-state index contributed by atoms with van der Waals surface area (Å²) in [5.74, 6) is 1.34. The highest BCUT2D eigenvalue weighted by Gasteiger charge is 2.13. The lowest BCUT2D eigenvalue weighted by Gasteiger charge is -2.03. The Kier molecular flexibility index (Phi) is 2.64. The van der Waals surface area contributed by atoms with Crippen molar-refractivity contribution < 1.29 is 9.15 Å². The van der Waals surface area contributed by atoms with Gasteiger partial charge in [0.05, 0.1) is 12.7 Å². The van der Waals surface area contributed by atoms with Crippen molar-refractivity contribution in [1.82, 2.24) is 4.98 Å². The molecule has 3 nitrogen and oxygen atoms in total. The van der Waals surface area contributed by atoms with Crippen molar-refractivity contribution in [3.8, 4) is 17.2 Å². The molecule has 1 aromatic heterocycles. The summed E-state index contributed by atoms with van der Waals surface area (Å²) >= 11 is 0. The number of nitrogens with zero attached hydrogens (tertiary/aromatic N) is 1. The topological polar surface area (TPSA) is 35.3 Å². The summed E-state index contributed by atoms with van der Waals surface area (Å²) in [7, 11) is 1.65. The molecule has 4 rings (SSSR count). The van der Waals surface area contributed by atoms with Crippen LogP contribution < -0.4 is 4.74 Å². The van der Waals surface area contributed by atoms with Crippen LogP contribution in [0.3, 0.4) is 0 Å². The van der Waals surface area contributed by atoms with Gasteiger partial charge in [-0.3, -0.25) is 0 Å². The summed E-state index contributed by atoms with van der Waals surface area (Å²) in [6, 6.07) is 19.9. The molecule has 0 unspecified atom stereocenters. The van der Waals surface area contributed by atoms with E-state index in [1.54, 1.807) is 7.11 Å². The van der Waals surface area contributed by atoms with E-state index < -0.39 is 0 Å². The second kappa shape index (κ2) is 4.63. The van der Waals surface area contributed by atoms with E-state index in [-0.39, 0.29) is 0 Å². The number of oxazole rings is 1. The van der Waals surface area contributed by atoms with Gasteiger partial charge in [0.15, 0.2) is 5.58 Å². The van der Waals surface area contributed by atoms with Crippen molar-refractivity contribution in [2.75, 3.05) is 7.11 Å². The van der Waals surface area contributed by atoms with Gasteiger partial charge in [-0.15, -0.1) is 0 Å². The zero-order valence-corrected chi connectivity index (χ0v) is 11.5. The van der Waals surface area contributed by atoms with Gasteiger partial charge in [0, 0.05) is 5.39 Å². The van der Waals surface area contributed by atoms with Gasteiger partial charge in [-0.2, -0.15) is 0 Å². The molecule has 0 radical (unpaired) electrons. The fourth-order valence-corrected chi connectivity index (χ4v) is 2.60. The SMILES string of the molecule is COc1ccccc1-c1nc2c(ccc3ccccc32)o1. The normalized spacial score (nSPS) is 11.1. The van der Waals surface area contributed by atoms with Gasteiger partial charge < -0.3 is 9.15 Å². The maximum atomic E-state index is 5.91. The molecule has 102 valence electrons. The van der Waals surface area contributed by atoms with Gasteiger partial charge >= 0.3 is 0 Å². The molecule has 0 saturated heterocycles. The molecule has 0 N–H and O–H groups in total. The smallest absolute Gasteiger partial charge is 0.231 e. The van der Waals surface area contributed by atoms with E-state index in [2.05, 4.69) is 23.2 Å². The fraction of sp³-hybridized carbons (Fsp3) is 0.0556. The largest absolute Gasteiger partial charge is 0.496 e. The molecule has 4 aromatic rings. The lowest BCUT2D eigenvalue weighted by Crippen LogP contribution is -1.86. The molecule has 0 bridgehead atoms. The first-order chi connectivity index (χ1) is 10.4. The van der Waals surface area contributed by atoms with E-state index in [0.717, 1.165) is 33.2 Å². The minimum Gasteiger partial charge on any atom is -0.496 e. The van der Waals surface area contributed by atoms with Crippen LogP contribution in [0.5, 0.6) is 5.75 Å². The highest BCUT2D eigenvalue weighted by atomic mass is 16.5. The predicted molar refractivity (Wildman–Crippen MR) is 83.5 cm³/mol. The van der Waals surface area contributed by atoms with Gasteiger partial charge in [0.1, 0.15) is 11.3 Å². The zero-order chi connectivity index (χ0) is 14.2. The van der Waals surface area contributed by atoms with E-state index in [4.69, 9.17) is 9.15 Å². The van der Waals surface area contributed by atoms with Crippen LogP contribution in [0.4, 0.5) is 0 Å². The average molecular weight is 275 g/mol. The number of aromatic nitrogens is 1. The number of fused-ring (bicyclic) bond motifs is 3. The first-order valence-corrected chi connectivity index (χ1v) is 6.78. The highest BCUT2D eigenvalue weighted by molar-refractivity contribution is 6.04. The van der Waals surface area contributed by atoms with Crippen molar-refractivity contribution in [2.24, 2.45) is 0 Å². The molecule has 0 saturated carbocycles. The van der Waals surface area contributed by atoms with Gasteiger partial charge in [-0.25, -0.2) is 4.98 Å². The Morgan fingerprint density at radius 3 is 2.62 bits per heavy atom. The molecule has 0 fully saturated rings. The minimum absolute atomic E-state index is 0.582. The van der Waals surface area contributed by atoms with Crippen LogP contribution >= 0.6 is 0 Å². The van der Waals surface area contributed by atoms with Crippen LogP contribution in [0, 0.1) is 0 Å². The molecule has 0 spiro atoms. The lowest BCUT2D eigenvalue weighted by atomic mass is 10.1. The van der Waals surface area contributed by atoms with E-state index >= 15 is 0 Å². The van der Waals surface area contributed by atoms with Crippen LogP contribution in [0.1, 0.15) is 0 Å². The van der Waals surface area contributed by atoms with Crippen LogP contribution in [-0.2, 0) is 0 Å². The molecule has 0 atom stereocenters. The number of hydrogen-bond acceptors (Lipinski definition) is 3. The third-order valence-electron chi connectivity index (χ3n) is 3.62. The zero-order valence-electron chi connectivity index (χ0n) is 11.5. The Morgan fingerprint density at radius 2 is 1.71 bits per heavy atom. The van der Waals surface area contributed by atoms with Gasteiger partial charge in [-0.1, -0.05) is 42.5 Å². The molecular formula is C18H13NO2. The highest BCUT2D eigenvalue weighted by Crippen LogP contribution is 2.33. The van der Waals surface area contributed by atoms with Crippen LogP contribution in [0.2, 0.25) is 0 Å². The molecule has 0 aliphatic rings. The number of ether oxygens (including phenoxy) is 1. The molecular weight excluding hydrogens is 262 g/mol. The van der Waals surface area contributed by atoms with Crippen molar-refractivity contribution >= 4 is 21.9 Å². The summed E-state index contributed by atoms with van der Waals surface area (Å²) in [6.45, 7) is 0. The van der Waals surface area contributed by atoms with Crippen molar-refractivity contribution in [3.05, 3.63) is 60.7 Å². The van der Waals surface area contributed by atoms with E-state index in [9.17, 15) is 0 Å². The Labute approximate surface area is 121 Å². The van der Waals surface area contributed by atoms with Gasteiger partial charge in [0.2, 0.25) is 5.89 Å². The second-order valence-corrected chi connectivity index (χ2v) is 4.85. The van der Waals surface area contributed by atoms with E-state index in [1.165, 1.54) is 0 Å². The minimum atomic E-state index is 0.582. The molecule has 3 aromatic carbocycles. The Bertz CT molecular complexity index is 940. The Balaban J connectivity index is 2.01. The van der Waals surface area contributed by atoms with Crippen LogP contribution in [0.15, 0.2) is 65.1 Å². The molecule has 0 aliphatic heterocycles. The van der Waals surface area contributed by atoms with Crippen LogP contribution in [-0.4, -0.2) is 12.1 Å². The lowest BCUT2D eigenvalue weighted by molar-refractivity contribution is 0.414. The molecule has 3 heteroatoms. The quantitative estimate of drug-likeness (QED) is 0.534. The van der Waals surface area contributed by atoms with E-state index in [1.807, 2.05) is 42.5 Å². The fourth-order valence-electron chi connectivity index (χ4n) is 2.60. The van der Waals surface area contributed by atoms with Crippen LogP contribution in [0.25, 0.3) is 33.3 Å². The molecule has 21 heavy (non-hydrogen) atoms. The van der Waals surface area contributed by atoms with Crippen molar-refractivity contribution in [2.45, 2.75) is 0 Å². The monoisotopic (exact) mass is 275 g/mol. The first kappa shape index (κ1) is 12.0. The summed E-state index contributed by atoms with van der Waals surface area (Å²) in [6.07, 6.45) is 0. The number of para-hydroxylation sites is 1. The third kappa shape index (κ3) is 1.86. The second-order valence-electron chi connectivity index (χ2n) is 4.85. The number of benzene rings is 3.